The summed E-state index contributed by atoms with van der Waals surface area (Å²) in [6.45, 7) is 5.44. The lowest BCUT2D eigenvalue weighted by atomic mass is 9.89. The standard InChI is InChI=1S/C16H21NO4/c1-16(2,3)21-15(20)14-12-7-5-4-6-10(12)8-11(17-14)9-13(18)19/h4-7,11,14,17H,8-9H2,1-3H3,(H,18,19). The predicted molar refractivity (Wildman–Crippen MR) is 77.9 cm³/mol. The van der Waals surface area contributed by atoms with Crippen LogP contribution in [0.2, 0.25) is 0 Å². The minimum Gasteiger partial charge on any atom is -0.481 e. The van der Waals surface area contributed by atoms with Crippen LogP contribution in [-0.2, 0) is 20.7 Å². The molecule has 2 rings (SSSR count). The number of carbonyl (C=O) groups is 2. The molecule has 0 saturated heterocycles. The van der Waals surface area contributed by atoms with E-state index in [0.29, 0.717) is 6.42 Å². The third-order valence-corrected chi connectivity index (χ3v) is 3.30. The van der Waals surface area contributed by atoms with E-state index in [2.05, 4.69) is 5.32 Å². The molecule has 0 fully saturated rings. The number of fused-ring (bicyclic) bond motifs is 1. The number of carboxylic acids is 1. The topological polar surface area (TPSA) is 75.6 Å². The maximum absolute atomic E-state index is 12.4. The zero-order valence-corrected chi connectivity index (χ0v) is 12.6. The Bertz CT molecular complexity index is 547. The molecule has 2 atom stereocenters. The van der Waals surface area contributed by atoms with E-state index in [1.165, 1.54) is 0 Å². The summed E-state index contributed by atoms with van der Waals surface area (Å²) in [4.78, 5) is 23.3. The largest absolute Gasteiger partial charge is 0.481 e. The number of esters is 1. The first-order chi connectivity index (χ1) is 9.76. The van der Waals surface area contributed by atoms with Crippen molar-refractivity contribution in [1.82, 2.24) is 5.32 Å². The van der Waals surface area contributed by atoms with Crippen molar-refractivity contribution in [2.45, 2.75) is 51.3 Å². The smallest absolute Gasteiger partial charge is 0.328 e. The average molecular weight is 291 g/mol. The van der Waals surface area contributed by atoms with E-state index < -0.39 is 17.6 Å². The first-order valence-electron chi connectivity index (χ1n) is 7.05. The highest BCUT2D eigenvalue weighted by Crippen LogP contribution is 2.28. The van der Waals surface area contributed by atoms with Crippen molar-refractivity contribution >= 4 is 11.9 Å². The molecule has 0 radical (unpaired) electrons. The fourth-order valence-electron chi connectivity index (χ4n) is 2.55. The SMILES string of the molecule is CC(C)(C)OC(=O)C1NC(CC(=O)O)Cc2ccccc21. The zero-order chi connectivity index (χ0) is 15.6. The van der Waals surface area contributed by atoms with Gasteiger partial charge < -0.3 is 9.84 Å². The summed E-state index contributed by atoms with van der Waals surface area (Å²) >= 11 is 0. The molecule has 1 aromatic rings. The lowest BCUT2D eigenvalue weighted by molar-refractivity contribution is -0.158. The van der Waals surface area contributed by atoms with Crippen molar-refractivity contribution in [3.8, 4) is 0 Å². The average Bonchev–Trinajstić information content (AvgIpc) is 2.35. The number of hydrogen-bond donors (Lipinski definition) is 2. The zero-order valence-electron chi connectivity index (χ0n) is 12.6. The molecule has 2 unspecified atom stereocenters. The van der Waals surface area contributed by atoms with Gasteiger partial charge in [0.2, 0.25) is 0 Å². The van der Waals surface area contributed by atoms with E-state index in [1.807, 2.05) is 45.0 Å². The molecule has 0 spiro atoms. The van der Waals surface area contributed by atoms with Crippen molar-refractivity contribution in [3.05, 3.63) is 35.4 Å². The van der Waals surface area contributed by atoms with Gasteiger partial charge in [0.15, 0.2) is 0 Å². The van der Waals surface area contributed by atoms with Crippen LogP contribution in [0.4, 0.5) is 0 Å². The molecule has 1 heterocycles. The molecule has 5 heteroatoms. The maximum atomic E-state index is 12.4. The van der Waals surface area contributed by atoms with Gasteiger partial charge in [-0.05, 0) is 38.3 Å². The minimum absolute atomic E-state index is 0.0202. The first-order valence-corrected chi connectivity index (χ1v) is 7.05. The number of carbonyl (C=O) groups excluding carboxylic acids is 1. The molecule has 0 aliphatic carbocycles. The number of carboxylic acid groups (broad SMARTS) is 1. The van der Waals surface area contributed by atoms with Gasteiger partial charge in [0.05, 0.1) is 6.42 Å². The van der Waals surface area contributed by atoms with Gasteiger partial charge in [-0.2, -0.15) is 0 Å². The maximum Gasteiger partial charge on any atom is 0.328 e. The van der Waals surface area contributed by atoms with E-state index in [-0.39, 0.29) is 18.4 Å². The summed E-state index contributed by atoms with van der Waals surface area (Å²) in [5.41, 5.74) is 1.29. The summed E-state index contributed by atoms with van der Waals surface area (Å²) in [7, 11) is 0. The van der Waals surface area contributed by atoms with Gasteiger partial charge >= 0.3 is 11.9 Å². The Morgan fingerprint density at radius 3 is 2.62 bits per heavy atom. The van der Waals surface area contributed by atoms with Gasteiger partial charge in [0, 0.05) is 6.04 Å². The van der Waals surface area contributed by atoms with Gasteiger partial charge in [-0.1, -0.05) is 24.3 Å². The van der Waals surface area contributed by atoms with Crippen LogP contribution >= 0.6 is 0 Å². The van der Waals surface area contributed by atoms with Crippen LogP contribution in [-0.4, -0.2) is 28.7 Å². The Balaban J connectivity index is 2.26. The molecule has 1 aliphatic heterocycles. The Morgan fingerprint density at radius 1 is 1.33 bits per heavy atom. The highest BCUT2D eigenvalue weighted by atomic mass is 16.6. The number of nitrogens with one attached hydrogen (secondary N) is 1. The molecule has 114 valence electrons. The molecule has 1 aromatic carbocycles. The van der Waals surface area contributed by atoms with E-state index >= 15 is 0 Å². The quantitative estimate of drug-likeness (QED) is 0.834. The highest BCUT2D eigenvalue weighted by molar-refractivity contribution is 5.79. The second-order valence-corrected chi connectivity index (χ2v) is 6.33. The van der Waals surface area contributed by atoms with Gasteiger partial charge in [-0.3, -0.25) is 10.1 Å². The molecular formula is C16H21NO4. The van der Waals surface area contributed by atoms with E-state index in [4.69, 9.17) is 9.84 Å². The van der Waals surface area contributed by atoms with Crippen LogP contribution in [0.25, 0.3) is 0 Å². The Kier molecular flexibility index (Phi) is 4.32. The lowest BCUT2D eigenvalue weighted by Gasteiger charge is -2.33. The molecule has 0 bridgehead atoms. The first kappa shape index (κ1) is 15.5. The van der Waals surface area contributed by atoms with Crippen LogP contribution in [0, 0.1) is 0 Å². The molecule has 2 N–H and O–H groups in total. The van der Waals surface area contributed by atoms with Crippen molar-refractivity contribution in [2.24, 2.45) is 0 Å². The minimum atomic E-state index is -0.880. The number of benzene rings is 1. The fraction of sp³-hybridized carbons (Fsp3) is 0.500. The van der Waals surface area contributed by atoms with Gasteiger partial charge in [0.25, 0.3) is 0 Å². The van der Waals surface area contributed by atoms with Gasteiger partial charge in [-0.25, -0.2) is 4.79 Å². The Hall–Kier alpha value is -1.88. The summed E-state index contributed by atoms with van der Waals surface area (Å²) in [6.07, 6.45) is 0.579. The molecule has 0 saturated carbocycles. The predicted octanol–water partition coefficient (Wildman–Crippen LogP) is 2.06. The number of rotatable bonds is 3. The van der Waals surface area contributed by atoms with Crippen LogP contribution in [0.15, 0.2) is 24.3 Å². The van der Waals surface area contributed by atoms with Gasteiger partial charge in [-0.15, -0.1) is 0 Å². The third-order valence-electron chi connectivity index (χ3n) is 3.30. The second-order valence-electron chi connectivity index (χ2n) is 6.33. The molecule has 0 amide bonds. The van der Waals surface area contributed by atoms with Crippen LogP contribution < -0.4 is 5.32 Å². The Morgan fingerprint density at radius 2 is 2.00 bits per heavy atom. The van der Waals surface area contributed by atoms with E-state index in [0.717, 1.165) is 11.1 Å². The molecule has 5 nitrogen and oxygen atoms in total. The van der Waals surface area contributed by atoms with Crippen molar-refractivity contribution in [3.63, 3.8) is 0 Å². The van der Waals surface area contributed by atoms with Crippen molar-refractivity contribution < 1.29 is 19.4 Å². The van der Waals surface area contributed by atoms with Gasteiger partial charge in [0.1, 0.15) is 11.6 Å². The Labute approximate surface area is 124 Å². The van der Waals surface area contributed by atoms with Crippen LogP contribution in [0.5, 0.6) is 0 Å². The number of hydrogen-bond acceptors (Lipinski definition) is 4. The lowest BCUT2D eigenvalue weighted by Crippen LogP contribution is -2.45. The second kappa shape index (κ2) is 5.85. The summed E-state index contributed by atoms with van der Waals surface area (Å²) < 4.78 is 5.44. The fourth-order valence-corrected chi connectivity index (χ4v) is 2.55. The number of aliphatic carboxylic acids is 1. The highest BCUT2D eigenvalue weighted by Gasteiger charge is 2.34. The molecule has 1 aliphatic rings. The van der Waals surface area contributed by atoms with Crippen LogP contribution in [0.1, 0.15) is 44.4 Å². The summed E-state index contributed by atoms with van der Waals surface area (Å²) in [5.74, 6) is -1.25. The monoisotopic (exact) mass is 291 g/mol. The van der Waals surface area contributed by atoms with Crippen molar-refractivity contribution in [1.29, 1.82) is 0 Å². The molecule has 21 heavy (non-hydrogen) atoms. The third kappa shape index (κ3) is 4.04. The molecule has 0 aromatic heterocycles. The normalized spacial score (nSPS) is 21.5. The number of ether oxygens (including phenoxy) is 1. The van der Waals surface area contributed by atoms with Crippen LogP contribution in [0.3, 0.4) is 0 Å². The summed E-state index contributed by atoms with van der Waals surface area (Å²) in [5, 5.41) is 12.1. The van der Waals surface area contributed by atoms with Crippen molar-refractivity contribution in [2.75, 3.05) is 0 Å². The van der Waals surface area contributed by atoms with E-state index in [1.54, 1.807) is 0 Å². The summed E-state index contributed by atoms with van der Waals surface area (Å²) in [6, 6.07) is 6.70. The molecular weight excluding hydrogens is 270 g/mol. The van der Waals surface area contributed by atoms with E-state index in [9.17, 15) is 9.59 Å².